The molecule has 0 fully saturated rings. The second-order valence-electron chi connectivity index (χ2n) is 5.39. The summed E-state index contributed by atoms with van der Waals surface area (Å²) in [4.78, 5) is 12.0. The largest absolute Gasteiger partial charge is 0.461 e. The van der Waals surface area contributed by atoms with Crippen LogP contribution in [0.2, 0.25) is 0 Å². The van der Waals surface area contributed by atoms with E-state index in [2.05, 4.69) is 20.9 Å². The van der Waals surface area contributed by atoms with Crippen LogP contribution in [0.15, 0.2) is 48.5 Å². The Balaban J connectivity index is 1.92. The first-order valence-electron chi connectivity index (χ1n) is 7.56. The number of hydrogen-bond acceptors (Lipinski definition) is 3. The molecule has 0 spiro atoms. The second-order valence-corrected chi connectivity index (χ2v) is 5.80. The number of benzene rings is 2. The molecular formula is C17H15F4N3O2S. The smallest absolute Gasteiger partial charge is 0.428 e. The Bertz CT molecular complexity index is 816. The maximum absolute atomic E-state index is 12.9. The first kappa shape index (κ1) is 20.4. The topological polar surface area (TPSA) is 62.4 Å². The van der Waals surface area contributed by atoms with E-state index < -0.39 is 24.2 Å². The van der Waals surface area contributed by atoms with Crippen LogP contribution in [0.5, 0.6) is 5.75 Å². The highest BCUT2D eigenvalue weighted by atomic mass is 32.1. The summed E-state index contributed by atoms with van der Waals surface area (Å²) in [5, 5.41) is 2.92. The van der Waals surface area contributed by atoms with Gasteiger partial charge < -0.3 is 10.1 Å². The lowest BCUT2D eigenvalue weighted by Crippen LogP contribution is -2.43. The van der Waals surface area contributed by atoms with Crippen LogP contribution >= 0.6 is 12.2 Å². The van der Waals surface area contributed by atoms with Crippen molar-refractivity contribution < 1.29 is 27.1 Å². The molecule has 0 heterocycles. The molecule has 0 saturated heterocycles. The van der Waals surface area contributed by atoms with Crippen molar-refractivity contribution >= 4 is 28.9 Å². The third-order valence-corrected chi connectivity index (χ3v) is 3.41. The van der Waals surface area contributed by atoms with E-state index in [4.69, 9.17) is 12.2 Å². The Morgan fingerprint density at radius 3 is 2.41 bits per heavy atom. The van der Waals surface area contributed by atoms with E-state index in [-0.39, 0.29) is 10.7 Å². The molecule has 27 heavy (non-hydrogen) atoms. The molecule has 3 N–H and O–H groups in total. The van der Waals surface area contributed by atoms with Gasteiger partial charge >= 0.3 is 12.5 Å². The van der Waals surface area contributed by atoms with Gasteiger partial charge in [-0.25, -0.2) is 0 Å². The lowest BCUT2D eigenvalue weighted by Gasteiger charge is -2.17. The Kier molecular flexibility index (Phi) is 6.56. The maximum Gasteiger partial charge on any atom is 0.461 e. The molecule has 2 aromatic rings. The SMILES string of the molecule is Cc1ccc(NC(=S)NNC(=O)c2cccc(OC(F)(F)C(F)F)c2)cc1. The quantitative estimate of drug-likeness (QED) is 0.404. The van der Waals surface area contributed by atoms with Crippen molar-refractivity contribution in [3.8, 4) is 5.75 Å². The Morgan fingerprint density at radius 1 is 1.11 bits per heavy atom. The van der Waals surface area contributed by atoms with E-state index >= 15 is 0 Å². The molecule has 0 aliphatic heterocycles. The van der Waals surface area contributed by atoms with Crippen molar-refractivity contribution in [1.29, 1.82) is 0 Å². The van der Waals surface area contributed by atoms with E-state index in [1.54, 1.807) is 12.1 Å². The Hall–Kier alpha value is -2.88. The predicted octanol–water partition coefficient (Wildman–Crippen LogP) is 3.86. The van der Waals surface area contributed by atoms with Gasteiger partial charge in [-0.3, -0.25) is 15.6 Å². The number of nitrogens with one attached hydrogen (secondary N) is 3. The molecule has 2 rings (SSSR count). The van der Waals surface area contributed by atoms with E-state index in [9.17, 15) is 22.4 Å². The van der Waals surface area contributed by atoms with Crippen molar-refractivity contribution in [2.45, 2.75) is 19.5 Å². The highest BCUT2D eigenvalue weighted by Gasteiger charge is 2.44. The molecule has 0 atom stereocenters. The monoisotopic (exact) mass is 401 g/mol. The van der Waals surface area contributed by atoms with Gasteiger partial charge in [0.25, 0.3) is 5.91 Å². The minimum Gasteiger partial charge on any atom is -0.428 e. The minimum absolute atomic E-state index is 0.0869. The summed E-state index contributed by atoms with van der Waals surface area (Å²) >= 11 is 5.02. The van der Waals surface area contributed by atoms with Gasteiger partial charge in [-0.2, -0.15) is 17.6 Å². The zero-order valence-electron chi connectivity index (χ0n) is 13.9. The van der Waals surface area contributed by atoms with Gasteiger partial charge in [0.05, 0.1) is 0 Å². The van der Waals surface area contributed by atoms with Crippen LogP contribution in [0.25, 0.3) is 0 Å². The van der Waals surface area contributed by atoms with E-state index in [0.717, 1.165) is 17.7 Å². The third kappa shape index (κ3) is 6.10. The van der Waals surface area contributed by atoms with Gasteiger partial charge in [0.1, 0.15) is 5.75 Å². The number of amides is 1. The van der Waals surface area contributed by atoms with Crippen LogP contribution < -0.4 is 20.9 Å². The zero-order chi connectivity index (χ0) is 20.0. The molecule has 0 aliphatic rings. The summed E-state index contributed by atoms with van der Waals surface area (Å²) in [6.45, 7) is 1.93. The summed E-state index contributed by atoms with van der Waals surface area (Å²) < 4.78 is 54.2. The number of thiocarbonyl (C=S) groups is 1. The molecule has 0 aromatic heterocycles. The van der Waals surface area contributed by atoms with Crippen LogP contribution in [-0.2, 0) is 0 Å². The zero-order valence-corrected chi connectivity index (χ0v) is 14.7. The Morgan fingerprint density at radius 2 is 1.78 bits per heavy atom. The average molecular weight is 401 g/mol. The number of aryl methyl sites for hydroxylation is 1. The molecule has 0 saturated carbocycles. The number of alkyl halides is 4. The summed E-state index contributed by atoms with van der Waals surface area (Å²) in [7, 11) is 0. The minimum atomic E-state index is -4.66. The molecular weight excluding hydrogens is 386 g/mol. The standard InChI is InChI=1S/C17H15F4N3O2S/c1-10-5-7-12(8-6-10)22-16(27)24-23-14(25)11-3-2-4-13(9-11)26-17(20,21)15(18)19/h2-9,15H,1H3,(H,23,25)(H2,22,24,27). The van der Waals surface area contributed by atoms with Gasteiger partial charge in [0.2, 0.25) is 0 Å². The summed E-state index contributed by atoms with van der Waals surface area (Å²) in [6.07, 6.45) is -8.66. The molecule has 0 unspecified atom stereocenters. The fourth-order valence-electron chi connectivity index (χ4n) is 1.89. The molecule has 1 amide bonds. The molecule has 5 nitrogen and oxygen atoms in total. The van der Waals surface area contributed by atoms with Crippen LogP contribution in [0.1, 0.15) is 15.9 Å². The van der Waals surface area contributed by atoms with E-state index in [1.165, 1.54) is 12.1 Å². The molecule has 2 aromatic carbocycles. The number of halogens is 4. The molecule has 10 heteroatoms. The number of hydrazine groups is 1. The van der Waals surface area contributed by atoms with Gasteiger partial charge in [0.15, 0.2) is 5.11 Å². The van der Waals surface area contributed by atoms with Crippen molar-refractivity contribution in [1.82, 2.24) is 10.9 Å². The van der Waals surface area contributed by atoms with Crippen LogP contribution in [0.3, 0.4) is 0 Å². The molecule has 0 bridgehead atoms. The molecule has 144 valence electrons. The van der Waals surface area contributed by atoms with Gasteiger partial charge in [-0.15, -0.1) is 0 Å². The summed E-state index contributed by atoms with van der Waals surface area (Å²) in [5.74, 6) is -1.30. The Labute approximate surface area is 157 Å². The first-order chi connectivity index (χ1) is 12.7. The number of carbonyl (C=O) groups excluding carboxylic acids is 1. The third-order valence-electron chi connectivity index (χ3n) is 3.20. The van der Waals surface area contributed by atoms with E-state index in [0.29, 0.717) is 5.69 Å². The number of ether oxygens (including phenoxy) is 1. The van der Waals surface area contributed by atoms with Crippen molar-refractivity contribution in [2.75, 3.05) is 5.32 Å². The van der Waals surface area contributed by atoms with Crippen molar-refractivity contribution in [2.24, 2.45) is 0 Å². The van der Waals surface area contributed by atoms with Gasteiger partial charge in [-0.05, 0) is 49.5 Å². The van der Waals surface area contributed by atoms with Crippen molar-refractivity contribution in [3.05, 3.63) is 59.7 Å². The first-order valence-corrected chi connectivity index (χ1v) is 7.97. The summed E-state index contributed by atoms with van der Waals surface area (Å²) in [6, 6.07) is 11.8. The highest BCUT2D eigenvalue weighted by molar-refractivity contribution is 7.80. The number of hydrogen-bond donors (Lipinski definition) is 3. The number of rotatable bonds is 5. The lowest BCUT2D eigenvalue weighted by atomic mass is 10.2. The summed E-state index contributed by atoms with van der Waals surface area (Å²) in [5.41, 5.74) is 6.36. The van der Waals surface area contributed by atoms with Crippen LogP contribution in [0.4, 0.5) is 23.2 Å². The van der Waals surface area contributed by atoms with Crippen LogP contribution in [-0.4, -0.2) is 23.6 Å². The lowest BCUT2D eigenvalue weighted by molar-refractivity contribution is -0.253. The van der Waals surface area contributed by atoms with Gasteiger partial charge in [-0.1, -0.05) is 23.8 Å². The van der Waals surface area contributed by atoms with Crippen LogP contribution in [0, 0.1) is 6.92 Å². The van der Waals surface area contributed by atoms with E-state index in [1.807, 2.05) is 19.1 Å². The number of carbonyl (C=O) groups is 1. The molecule has 0 radical (unpaired) electrons. The second kappa shape index (κ2) is 8.67. The fourth-order valence-corrected chi connectivity index (χ4v) is 2.06. The normalized spacial score (nSPS) is 11.0. The predicted molar refractivity (Wildman–Crippen MR) is 96.0 cm³/mol. The van der Waals surface area contributed by atoms with Crippen molar-refractivity contribution in [3.63, 3.8) is 0 Å². The van der Waals surface area contributed by atoms with Gasteiger partial charge in [0, 0.05) is 11.3 Å². The average Bonchev–Trinajstić information content (AvgIpc) is 2.61. The maximum atomic E-state index is 12.9. The fraction of sp³-hybridized carbons (Fsp3) is 0.176. The highest BCUT2D eigenvalue weighted by Crippen LogP contribution is 2.27. The molecule has 0 aliphatic carbocycles. The number of anilines is 1.